The van der Waals surface area contributed by atoms with E-state index < -0.39 is 15.2 Å². The molecule has 9 heteroatoms. The molecule has 1 aliphatic rings. The van der Waals surface area contributed by atoms with Crippen LogP contribution >= 0.6 is 23.4 Å². The molecule has 0 bridgehead atoms. The van der Waals surface area contributed by atoms with E-state index >= 15 is 0 Å². The molecule has 0 amide bonds. The third-order valence-corrected chi connectivity index (χ3v) is 6.38. The second kappa shape index (κ2) is 5.72. The van der Waals surface area contributed by atoms with E-state index in [0.29, 0.717) is 18.1 Å². The van der Waals surface area contributed by atoms with Gasteiger partial charge in [-0.15, -0.1) is 0 Å². The van der Waals surface area contributed by atoms with Gasteiger partial charge in [0.15, 0.2) is 9.84 Å². The van der Waals surface area contributed by atoms with Crippen molar-refractivity contribution in [3.8, 4) is 0 Å². The number of thioether (sulfide) groups is 1. The number of nitrogen functional groups attached to an aromatic ring is 1. The van der Waals surface area contributed by atoms with Crippen molar-refractivity contribution in [1.29, 1.82) is 0 Å². The Balaban J connectivity index is 2.39. The SMILES string of the molecule is CCS(=O)(=O)C1CSCCN1c1cc(Cl)nc(N)n1. The number of nitrogens with two attached hydrogens (primary N) is 1. The van der Waals surface area contributed by atoms with E-state index in [0.717, 1.165) is 5.75 Å². The van der Waals surface area contributed by atoms with Gasteiger partial charge in [-0.1, -0.05) is 18.5 Å². The Hall–Kier alpha value is -0.730. The van der Waals surface area contributed by atoms with Gasteiger partial charge in [-0.2, -0.15) is 16.7 Å². The van der Waals surface area contributed by atoms with Gasteiger partial charge >= 0.3 is 0 Å². The van der Waals surface area contributed by atoms with Crippen LogP contribution in [-0.2, 0) is 9.84 Å². The molecule has 1 atom stereocenters. The number of aromatic nitrogens is 2. The van der Waals surface area contributed by atoms with Gasteiger partial charge in [0.1, 0.15) is 16.3 Å². The van der Waals surface area contributed by atoms with Gasteiger partial charge in [-0.05, 0) is 0 Å². The third-order valence-electron chi connectivity index (χ3n) is 2.89. The number of nitrogens with zero attached hydrogens (tertiary/aromatic N) is 3. The molecule has 1 unspecified atom stereocenters. The Morgan fingerprint density at radius 3 is 2.95 bits per heavy atom. The van der Waals surface area contributed by atoms with Crippen LogP contribution in [0.15, 0.2) is 6.07 Å². The lowest BCUT2D eigenvalue weighted by Gasteiger charge is -2.35. The molecular formula is C10H15ClN4O2S2. The van der Waals surface area contributed by atoms with Gasteiger partial charge < -0.3 is 10.6 Å². The number of sulfone groups is 1. The van der Waals surface area contributed by atoms with E-state index in [1.807, 2.05) is 0 Å². The summed E-state index contributed by atoms with van der Waals surface area (Å²) in [5, 5.41) is -0.366. The van der Waals surface area contributed by atoms with Crippen LogP contribution in [0.3, 0.4) is 0 Å². The number of rotatable bonds is 3. The highest BCUT2D eigenvalue weighted by molar-refractivity contribution is 8.01. The fourth-order valence-corrected chi connectivity index (χ4v) is 5.07. The predicted molar refractivity (Wildman–Crippen MR) is 79.4 cm³/mol. The Kier molecular flexibility index (Phi) is 4.42. The molecule has 0 saturated carbocycles. The minimum absolute atomic E-state index is 0.0494. The molecular weight excluding hydrogens is 308 g/mol. The van der Waals surface area contributed by atoms with Crippen LogP contribution < -0.4 is 10.6 Å². The van der Waals surface area contributed by atoms with Gasteiger partial charge in [0.05, 0.1) is 0 Å². The van der Waals surface area contributed by atoms with Crippen LogP contribution in [0.25, 0.3) is 0 Å². The first-order valence-electron chi connectivity index (χ1n) is 5.80. The maximum absolute atomic E-state index is 12.1. The minimum atomic E-state index is -3.18. The molecule has 106 valence electrons. The predicted octanol–water partition coefficient (Wildman–Crippen LogP) is 1.03. The van der Waals surface area contributed by atoms with Crippen molar-refractivity contribution in [1.82, 2.24) is 9.97 Å². The van der Waals surface area contributed by atoms with E-state index in [2.05, 4.69) is 9.97 Å². The van der Waals surface area contributed by atoms with Gasteiger partial charge in [0.2, 0.25) is 5.95 Å². The number of hydrogen-bond acceptors (Lipinski definition) is 7. The molecule has 1 aromatic heterocycles. The molecule has 0 aliphatic carbocycles. The van der Waals surface area contributed by atoms with Crippen LogP contribution in [0.4, 0.5) is 11.8 Å². The van der Waals surface area contributed by atoms with Crippen LogP contribution in [0.5, 0.6) is 0 Å². The molecule has 0 aromatic carbocycles. The average Bonchev–Trinajstić information content (AvgIpc) is 2.37. The van der Waals surface area contributed by atoms with Crippen LogP contribution in [0.1, 0.15) is 6.92 Å². The summed E-state index contributed by atoms with van der Waals surface area (Å²) in [6, 6.07) is 1.55. The zero-order chi connectivity index (χ0) is 14.0. The quantitative estimate of drug-likeness (QED) is 0.831. The molecule has 0 radical (unpaired) electrons. The molecule has 6 nitrogen and oxygen atoms in total. The van der Waals surface area contributed by atoms with E-state index in [1.165, 1.54) is 0 Å². The first-order chi connectivity index (χ1) is 8.94. The maximum Gasteiger partial charge on any atom is 0.223 e. The Bertz CT molecular complexity index is 546. The Morgan fingerprint density at radius 1 is 1.58 bits per heavy atom. The third kappa shape index (κ3) is 3.24. The molecule has 0 spiro atoms. The summed E-state index contributed by atoms with van der Waals surface area (Å²) in [4.78, 5) is 9.63. The molecule has 2 N–H and O–H groups in total. The summed E-state index contributed by atoms with van der Waals surface area (Å²) in [6.07, 6.45) is 0. The maximum atomic E-state index is 12.1. The van der Waals surface area contributed by atoms with Crippen molar-refractivity contribution < 1.29 is 8.42 Å². The topological polar surface area (TPSA) is 89.2 Å². The molecule has 19 heavy (non-hydrogen) atoms. The highest BCUT2D eigenvalue weighted by Gasteiger charge is 2.33. The van der Waals surface area contributed by atoms with Crippen molar-refractivity contribution >= 4 is 45.0 Å². The zero-order valence-electron chi connectivity index (χ0n) is 10.4. The summed E-state index contributed by atoms with van der Waals surface area (Å²) in [5.41, 5.74) is 5.57. The molecule has 1 saturated heterocycles. The van der Waals surface area contributed by atoms with Crippen molar-refractivity contribution in [2.75, 3.05) is 34.4 Å². The van der Waals surface area contributed by atoms with Gasteiger partial charge in [-0.3, -0.25) is 0 Å². The van der Waals surface area contributed by atoms with E-state index in [9.17, 15) is 8.42 Å². The molecule has 1 aromatic rings. The standard InChI is InChI=1S/C10H15ClN4O2S2/c1-2-19(16,17)9-6-18-4-3-15(9)8-5-7(11)13-10(12)14-8/h5,9H,2-4,6H2,1H3,(H2,12,13,14). The van der Waals surface area contributed by atoms with Crippen LogP contribution in [0.2, 0.25) is 5.15 Å². The fraction of sp³-hybridized carbons (Fsp3) is 0.600. The second-order valence-electron chi connectivity index (χ2n) is 4.08. The lowest BCUT2D eigenvalue weighted by atomic mass is 10.4. The van der Waals surface area contributed by atoms with E-state index in [1.54, 1.807) is 29.7 Å². The molecule has 2 heterocycles. The van der Waals surface area contributed by atoms with Crippen molar-refractivity contribution in [2.45, 2.75) is 12.3 Å². The summed E-state index contributed by atoms with van der Waals surface area (Å²) in [5.74, 6) is 1.99. The number of anilines is 2. The Morgan fingerprint density at radius 2 is 2.32 bits per heavy atom. The average molecular weight is 323 g/mol. The van der Waals surface area contributed by atoms with Gasteiger partial charge in [0, 0.05) is 29.9 Å². The smallest absolute Gasteiger partial charge is 0.223 e. The molecule has 2 rings (SSSR count). The van der Waals surface area contributed by atoms with Gasteiger partial charge in [-0.25, -0.2) is 13.4 Å². The lowest BCUT2D eigenvalue weighted by Crippen LogP contribution is -2.48. The Labute approximate surface area is 121 Å². The number of hydrogen-bond donors (Lipinski definition) is 1. The minimum Gasteiger partial charge on any atom is -0.368 e. The van der Waals surface area contributed by atoms with Crippen LogP contribution in [-0.4, -0.2) is 47.6 Å². The monoisotopic (exact) mass is 322 g/mol. The normalized spacial score (nSPS) is 20.5. The first kappa shape index (κ1) is 14.7. The first-order valence-corrected chi connectivity index (χ1v) is 9.05. The van der Waals surface area contributed by atoms with E-state index in [4.69, 9.17) is 17.3 Å². The largest absolute Gasteiger partial charge is 0.368 e. The summed E-state index contributed by atoms with van der Waals surface area (Å²) in [6.45, 7) is 2.25. The highest BCUT2D eigenvalue weighted by Crippen LogP contribution is 2.27. The van der Waals surface area contributed by atoms with Crippen LogP contribution in [0, 0.1) is 0 Å². The second-order valence-corrected chi connectivity index (χ2v) is 8.07. The van der Waals surface area contributed by atoms with Crippen molar-refractivity contribution in [3.63, 3.8) is 0 Å². The summed E-state index contributed by atoms with van der Waals surface area (Å²) < 4.78 is 24.3. The summed E-state index contributed by atoms with van der Waals surface area (Å²) in [7, 11) is -3.18. The van der Waals surface area contributed by atoms with E-state index in [-0.39, 0.29) is 16.9 Å². The zero-order valence-corrected chi connectivity index (χ0v) is 12.8. The van der Waals surface area contributed by atoms with Crippen molar-refractivity contribution in [3.05, 3.63) is 11.2 Å². The number of halogens is 1. The highest BCUT2D eigenvalue weighted by atomic mass is 35.5. The molecule has 1 aliphatic heterocycles. The van der Waals surface area contributed by atoms with Gasteiger partial charge in [0.25, 0.3) is 0 Å². The summed E-state index contributed by atoms with van der Waals surface area (Å²) >= 11 is 7.48. The van der Waals surface area contributed by atoms with Crippen molar-refractivity contribution in [2.24, 2.45) is 0 Å². The lowest BCUT2D eigenvalue weighted by molar-refractivity contribution is 0.579. The fourth-order valence-electron chi connectivity index (χ4n) is 1.90. The molecule has 1 fully saturated rings.